The Labute approximate surface area is 67.3 Å². The van der Waals surface area contributed by atoms with Gasteiger partial charge in [-0.25, -0.2) is 0 Å². The molecule has 0 unspecified atom stereocenters. The van der Waals surface area contributed by atoms with Crippen LogP contribution in [0, 0.1) is 22.4 Å². The van der Waals surface area contributed by atoms with Gasteiger partial charge in [0.2, 0.25) is 5.49 Å². The van der Waals surface area contributed by atoms with E-state index in [9.17, 15) is 10.1 Å². The molecule has 0 radical (unpaired) electrons. The lowest BCUT2D eigenvalue weighted by atomic mass is 10.2. The Bertz CT molecular complexity index is 382. The van der Waals surface area contributed by atoms with Crippen LogP contribution in [0.25, 0.3) is 0 Å². The molecule has 0 bridgehead atoms. The Morgan fingerprint density at radius 1 is 1.75 bits per heavy atom. The van der Waals surface area contributed by atoms with Crippen LogP contribution < -0.4 is 5.49 Å². The SMILES string of the molecule is Cc1ccn(O)c(=N)c1[N+](=O)[O-]. The van der Waals surface area contributed by atoms with E-state index in [0.717, 1.165) is 0 Å². The summed E-state index contributed by atoms with van der Waals surface area (Å²) >= 11 is 0. The number of pyridine rings is 1. The summed E-state index contributed by atoms with van der Waals surface area (Å²) in [5, 5.41) is 26.4. The maximum absolute atomic E-state index is 10.4. The first-order chi connectivity index (χ1) is 5.54. The van der Waals surface area contributed by atoms with Crippen LogP contribution in [0.5, 0.6) is 0 Å². The highest BCUT2D eigenvalue weighted by Crippen LogP contribution is 2.09. The third-order valence-electron chi connectivity index (χ3n) is 1.48. The summed E-state index contributed by atoms with van der Waals surface area (Å²) in [6.07, 6.45) is 1.19. The number of aromatic nitrogens is 1. The standard InChI is InChI=1S/C6H7N3O3/c1-4-2-3-8(10)6(7)5(4)9(11)12/h2-3,7,10H,1H3. The molecule has 0 aliphatic heterocycles. The van der Waals surface area contributed by atoms with Gasteiger partial charge in [-0.2, -0.15) is 4.73 Å². The Balaban J connectivity index is 3.55. The molecule has 0 saturated carbocycles. The zero-order chi connectivity index (χ0) is 9.30. The van der Waals surface area contributed by atoms with Crippen molar-refractivity contribution in [3.63, 3.8) is 0 Å². The zero-order valence-corrected chi connectivity index (χ0v) is 6.31. The molecule has 12 heavy (non-hydrogen) atoms. The Morgan fingerprint density at radius 3 is 2.75 bits per heavy atom. The lowest BCUT2D eigenvalue weighted by molar-refractivity contribution is -0.387. The first-order valence-electron chi connectivity index (χ1n) is 3.14. The van der Waals surface area contributed by atoms with Crippen LogP contribution >= 0.6 is 0 Å². The highest BCUT2D eigenvalue weighted by molar-refractivity contribution is 5.34. The van der Waals surface area contributed by atoms with Crippen molar-refractivity contribution in [2.45, 2.75) is 6.92 Å². The molecule has 0 amide bonds. The van der Waals surface area contributed by atoms with E-state index in [1.54, 1.807) is 0 Å². The lowest BCUT2D eigenvalue weighted by Gasteiger charge is -1.99. The van der Waals surface area contributed by atoms with E-state index in [-0.39, 0.29) is 5.69 Å². The Morgan fingerprint density at radius 2 is 2.33 bits per heavy atom. The van der Waals surface area contributed by atoms with Crippen molar-refractivity contribution in [3.05, 3.63) is 33.4 Å². The molecule has 0 aliphatic carbocycles. The third-order valence-corrected chi connectivity index (χ3v) is 1.48. The van der Waals surface area contributed by atoms with E-state index in [0.29, 0.717) is 10.3 Å². The van der Waals surface area contributed by atoms with Crippen molar-refractivity contribution >= 4 is 5.69 Å². The Hall–Kier alpha value is -1.85. The normalized spacial score (nSPS) is 9.75. The van der Waals surface area contributed by atoms with Gasteiger partial charge in [0.15, 0.2) is 0 Å². The molecule has 1 rings (SSSR count). The molecule has 2 N–H and O–H groups in total. The number of rotatable bonds is 1. The second kappa shape index (κ2) is 2.65. The minimum atomic E-state index is -0.690. The number of hydrogen-bond acceptors (Lipinski definition) is 4. The van der Waals surface area contributed by atoms with Gasteiger partial charge in [-0.05, 0) is 13.0 Å². The predicted molar refractivity (Wildman–Crippen MR) is 38.9 cm³/mol. The van der Waals surface area contributed by atoms with Crippen LogP contribution in [0.15, 0.2) is 12.3 Å². The second-order valence-corrected chi connectivity index (χ2v) is 2.30. The molecule has 0 aromatic carbocycles. The maximum atomic E-state index is 10.4. The number of nitrogens with one attached hydrogen (secondary N) is 1. The van der Waals surface area contributed by atoms with E-state index >= 15 is 0 Å². The third kappa shape index (κ3) is 1.14. The highest BCUT2D eigenvalue weighted by atomic mass is 16.6. The van der Waals surface area contributed by atoms with E-state index in [4.69, 9.17) is 10.6 Å². The second-order valence-electron chi connectivity index (χ2n) is 2.30. The Kier molecular flexibility index (Phi) is 1.82. The molecule has 64 valence electrons. The maximum Gasteiger partial charge on any atom is 0.317 e. The van der Waals surface area contributed by atoms with E-state index in [1.807, 2.05) is 0 Å². The predicted octanol–water partition coefficient (Wildman–Crippen LogP) is 0.421. The largest absolute Gasteiger partial charge is 0.427 e. The van der Waals surface area contributed by atoms with Crippen molar-refractivity contribution in [1.29, 1.82) is 5.41 Å². The molecule has 0 fully saturated rings. The van der Waals surface area contributed by atoms with E-state index < -0.39 is 10.4 Å². The van der Waals surface area contributed by atoms with Crippen LogP contribution in [-0.4, -0.2) is 14.9 Å². The van der Waals surface area contributed by atoms with Gasteiger partial charge in [-0.15, -0.1) is 0 Å². The fourth-order valence-corrected chi connectivity index (χ4v) is 0.862. The topological polar surface area (TPSA) is 92.2 Å². The molecule has 0 spiro atoms. The van der Waals surface area contributed by atoms with Gasteiger partial charge in [0, 0.05) is 11.8 Å². The lowest BCUT2D eigenvalue weighted by Crippen LogP contribution is -2.21. The minimum absolute atomic E-state index is 0.357. The van der Waals surface area contributed by atoms with Crippen molar-refractivity contribution in [3.8, 4) is 0 Å². The number of aryl methyl sites for hydroxylation is 1. The van der Waals surface area contributed by atoms with Crippen LogP contribution in [0.3, 0.4) is 0 Å². The first-order valence-corrected chi connectivity index (χ1v) is 3.14. The number of nitro groups is 1. The molecule has 6 nitrogen and oxygen atoms in total. The van der Waals surface area contributed by atoms with Gasteiger partial charge in [0.1, 0.15) is 0 Å². The van der Waals surface area contributed by atoms with Crippen LogP contribution in [0.2, 0.25) is 0 Å². The smallest absolute Gasteiger partial charge is 0.317 e. The molecule has 0 aliphatic rings. The van der Waals surface area contributed by atoms with Gasteiger partial charge >= 0.3 is 5.69 Å². The van der Waals surface area contributed by atoms with Gasteiger partial charge in [-0.1, -0.05) is 0 Å². The summed E-state index contributed by atoms with van der Waals surface area (Å²) in [7, 11) is 0. The summed E-state index contributed by atoms with van der Waals surface area (Å²) in [5.74, 6) is 0. The fraction of sp³-hybridized carbons (Fsp3) is 0.167. The molecular weight excluding hydrogens is 162 g/mol. The number of hydrogen-bond donors (Lipinski definition) is 2. The van der Waals surface area contributed by atoms with E-state index in [1.165, 1.54) is 19.2 Å². The van der Waals surface area contributed by atoms with Crippen molar-refractivity contribution in [1.82, 2.24) is 4.73 Å². The zero-order valence-electron chi connectivity index (χ0n) is 6.31. The van der Waals surface area contributed by atoms with E-state index in [2.05, 4.69) is 0 Å². The highest BCUT2D eigenvalue weighted by Gasteiger charge is 2.14. The minimum Gasteiger partial charge on any atom is -0.427 e. The molecule has 1 aromatic heterocycles. The summed E-state index contributed by atoms with van der Waals surface area (Å²) in [6.45, 7) is 1.51. The van der Waals surface area contributed by atoms with Crippen LogP contribution in [0.4, 0.5) is 5.69 Å². The van der Waals surface area contributed by atoms with Crippen molar-refractivity contribution < 1.29 is 10.1 Å². The summed E-state index contributed by atoms with van der Waals surface area (Å²) < 4.78 is 0.408. The molecule has 1 heterocycles. The van der Waals surface area contributed by atoms with Crippen LogP contribution in [-0.2, 0) is 0 Å². The molecule has 0 saturated heterocycles. The summed E-state index contributed by atoms with van der Waals surface area (Å²) in [4.78, 5) is 9.67. The monoisotopic (exact) mass is 169 g/mol. The number of nitrogens with zero attached hydrogens (tertiary/aromatic N) is 2. The van der Waals surface area contributed by atoms with Gasteiger partial charge < -0.3 is 5.21 Å². The molecule has 6 heteroatoms. The van der Waals surface area contributed by atoms with Gasteiger partial charge in [0.05, 0.1) is 4.92 Å². The molecule has 1 aromatic rings. The quantitative estimate of drug-likeness (QED) is 0.362. The van der Waals surface area contributed by atoms with Crippen molar-refractivity contribution in [2.24, 2.45) is 0 Å². The molecule has 0 atom stereocenters. The van der Waals surface area contributed by atoms with Gasteiger partial charge in [-0.3, -0.25) is 15.5 Å². The van der Waals surface area contributed by atoms with Crippen molar-refractivity contribution in [2.75, 3.05) is 0 Å². The summed E-state index contributed by atoms with van der Waals surface area (Å²) in [5.41, 5.74) is -0.532. The van der Waals surface area contributed by atoms with Crippen LogP contribution in [0.1, 0.15) is 5.56 Å². The van der Waals surface area contributed by atoms with Gasteiger partial charge in [0.25, 0.3) is 0 Å². The average Bonchev–Trinajstić information content (AvgIpc) is 1.97. The summed E-state index contributed by atoms with van der Waals surface area (Å²) in [6, 6.07) is 1.37. The average molecular weight is 169 g/mol. The first kappa shape index (κ1) is 8.25. The molecular formula is C6H7N3O3. The fourth-order valence-electron chi connectivity index (χ4n) is 0.862.